The highest BCUT2D eigenvalue weighted by Crippen LogP contribution is 2.04. The highest BCUT2D eigenvalue weighted by Gasteiger charge is 2.15. The number of urea groups is 1. The van der Waals surface area contributed by atoms with Crippen LogP contribution >= 0.6 is 0 Å². The molecular weight excluding hydrogens is 254 g/mol. The van der Waals surface area contributed by atoms with Gasteiger partial charge in [0.25, 0.3) is 0 Å². The van der Waals surface area contributed by atoms with Crippen molar-refractivity contribution in [3.05, 3.63) is 35.4 Å². The molecule has 2 rings (SSSR count). The lowest BCUT2D eigenvalue weighted by molar-refractivity contribution is 0.0531. The van der Waals surface area contributed by atoms with Gasteiger partial charge in [-0.3, -0.25) is 0 Å². The van der Waals surface area contributed by atoms with Crippen LogP contribution in [0.1, 0.15) is 11.1 Å². The second kappa shape index (κ2) is 7.53. The van der Waals surface area contributed by atoms with E-state index in [2.05, 4.69) is 17.2 Å². The summed E-state index contributed by atoms with van der Waals surface area (Å²) in [6, 6.07) is 7.73. The Labute approximate surface area is 119 Å². The zero-order chi connectivity index (χ0) is 14.2. The summed E-state index contributed by atoms with van der Waals surface area (Å²) < 4.78 is 5.21. The Morgan fingerprint density at radius 1 is 1.30 bits per heavy atom. The second-order valence-corrected chi connectivity index (χ2v) is 4.46. The first-order valence-corrected chi connectivity index (χ1v) is 6.68. The van der Waals surface area contributed by atoms with Crippen LogP contribution in [0, 0.1) is 11.8 Å². The van der Waals surface area contributed by atoms with E-state index in [0.717, 1.165) is 11.1 Å². The maximum absolute atomic E-state index is 11.9. The molecule has 20 heavy (non-hydrogen) atoms. The third-order valence-electron chi connectivity index (χ3n) is 3.03. The van der Waals surface area contributed by atoms with Crippen LogP contribution in [-0.4, -0.2) is 43.8 Å². The molecule has 1 aliphatic heterocycles. The molecule has 0 spiro atoms. The Bertz CT molecular complexity index is 496. The van der Waals surface area contributed by atoms with Gasteiger partial charge in [-0.05, 0) is 17.7 Å². The molecule has 3 N–H and O–H groups in total. The highest BCUT2D eigenvalue weighted by atomic mass is 16.5. The van der Waals surface area contributed by atoms with Crippen LogP contribution in [0.15, 0.2) is 24.3 Å². The molecule has 1 heterocycles. The Morgan fingerprint density at radius 2 is 2.00 bits per heavy atom. The predicted octanol–water partition coefficient (Wildman–Crippen LogP) is 0.539. The van der Waals surface area contributed by atoms with Crippen molar-refractivity contribution in [1.82, 2.24) is 10.2 Å². The number of hydrogen-bond acceptors (Lipinski definition) is 3. The number of rotatable bonds is 2. The largest absolute Gasteiger partial charge is 0.378 e. The molecule has 0 unspecified atom stereocenters. The maximum Gasteiger partial charge on any atom is 0.317 e. The summed E-state index contributed by atoms with van der Waals surface area (Å²) >= 11 is 0. The third kappa shape index (κ3) is 4.26. The number of ether oxygens (including phenoxy) is 1. The zero-order valence-corrected chi connectivity index (χ0v) is 11.4. The van der Waals surface area contributed by atoms with Crippen LogP contribution in [0.2, 0.25) is 0 Å². The topological polar surface area (TPSA) is 67.6 Å². The van der Waals surface area contributed by atoms with Crippen LogP contribution in [0.3, 0.4) is 0 Å². The standard InChI is InChI=1S/C15H19N3O2/c16-7-1-2-13-3-5-14(6-4-13)12-17-15(19)18-8-10-20-11-9-18/h3-6H,7-12,16H2,(H,17,19). The van der Waals surface area contributed by atoms with Crippen LogP contribution in [0.5, 0.6) is 0 Å². The van der Waals surface area contributed by atoms with E-state index in [9.17, 15) is 4.79 Å². The fourth-order valence-corrected chi connectivity index (χ4v) is 1.91. The molecule has 5 nitrogen and oxygen atoms in total. The van der Waals surface area contributed by atoms with Crippen molar-refractivity contribution in [1.29, 1.82) is 0 Å². The third-order valence-corrected chi connectivity index (χ3v) is 3.03. The van der Waals surface area contributed by atoms with E-state index in [1.165, 1.54) is 0 Å². The summed E-state index contributed by atoms with van der Waals surface area (Å²) in [6.45, 7) is 3.40. The average molecular weight is 273 g/mol. The second-order valence-electron chi connectivity index (χ2n) is 4.46. The first-order chi connectivity index (χ1) is 9.79. The smallest absolute Gasteiger partial charge is 0.317 e. The molecule has 1 aromatic rings. The number of benzene rings is 1. The molecule has 0 radical (unpaired) electrons. The van der Waals surface area contributed by atoms with Crippen molar-refractivity contribution in [2.45, 2.75) is 6.54 Å². The first-order valence-electron chi connectivity index (χ1n) is 6.68. The molecule has 0 atom stereocenters. The van der Waals surface area contributed by atoms with Gasteiger partial charge in [0.05, 0.1) is 19.8 Å². The minimum Gasteiger partial charge on any atom is -0.378 e. The van der Waals surface area contributed by atoms with Gasteiger partial charge in [0.2, 0.25) is 0 Å². The van der Waals surface area contributed by atoms with Crippen molar-refractivity contribution in [3.8, 4) is 11.8 Å². The molecule has 5 heteroatoms. The number of nitrogens with zero attached hydrogens (tertiary/aromatic N) is 1. The number of amides is 2. The molecule has 0 saturated carbocycles. The Morgan fingerprint density at radius 3 is 2.65 bits per heavy atom. The molecule has 1 aliphatic rings. The van der Waals surface area contributed by atoms with Crippen molar-refractivity contribution in [2.24, 2.45) is 5.73 Å². The molecule has 1 fully saturated rings. The van der Waals surface area contributed by atoms with Gasteiger partial charge in [0.1, 0.15) is 0 Å². The normalized spacial score (nSPS) is 14.3. The van der Waals surface area contributed by atoms with Gasteiger partial charge in [0.15, 0.2) is 0 Å². The van der Waals surface area contributed by atoms with E-state index >= 15 is 0 Å². The van der Waals surface area contributed by atoms with Gasteiger partial charge in [0, 0.05) is 25.2 Å². The number of morpholine rings is 1. The van der Waals surface area contributed by atoms with Crippen molar-refractivity contribution >= 4 is 6.03 Å². The summed E-state index contributed by atoms with van der Waals surface area (Å²) in [5.41, 5.74) is 7.30. The zero-order valence-electron chi connectivity index (χ0n) is 11.4. The van der Waals surface area contributed by atoms with Gasteiger partial charge in [-0.15, -0.1) is 0 Å². The number of nitrogens with one attached hydrogen (secondary N) is 1. The lowest BCUT2D eigenvalue weighted by atomic mass is 10.1. The number of carbonyl (C=O) groups is 1. The Hall–Kier alpha value is -2.03. The Kier molecular flexibility index (Phi) is 5.42. The van der Waals surface area contributed by atoms with Crippen LogP contribution in [0.25, 0.3) is 0 Å². The summed E-state index contributed by atoms with van der Waals surface area (Å²) in [6.07, 6.45) is 0. The summed E-state index contributed by atoms with van der Waals surface area (Å²) in [5, 5.41) is 2.91. The van der Waals surface area contributed by atoms with Crippen LogP contribution < -0.4 is 11.1 Å². The van der Waals surface area contributed by atoms with Gasteiger partial charge < -0.3 is 20.7 Å². The molecule has 1 saturated heterocycles. The highest BCUT2D eigenvalue weighted by molar-refractivity contribution is 5.74. The van der Waals surface area contributed by atoms with E-state index in [-0.39, 0.29) is 6.03 Å². The Balaban J connectivity index is 1.82. The van der Waals surface area contributed by atoms with Gasteiger partial charge >= 0.3 is 6.03 Å². The van der Waals surface area contributed by atoms with Gasteiger partial charge in [-0.1, -0.05) is 24.0 Å². The quantitative estimate of drug-likeness (QED) is 0.773. The number of nitrogens with two attached hydrogens (primary N) is 1. The van der Waals surface area contributed by atoms with E-state index in [4.69, 9.17) is 10.5 Å². The van der Waals surface area contributed by atoms with Gasteiger partial charge in [-0.2, -0.15) is 0 Å². The number of carbonyl (C=O) groups excluding carboxylic acids is 1. The average Bonchev–Trinajstić information content (AvgIpc) is 2.52. The lowest BCUT2D eigenvalue weighted by Crippen LogP contribution is -2.45. The minimum absolute atomic E-state index is 0.0414. The van der Waals surface area contributed by atoms with E-state index in [0.29, 0.717) is 39.4 Å². The van der Waals surface area contributed by atoms with Crippen molar-refractivity contribution in [2.75, 3.05) is 32.8 Å². The lowest BCUT2D eigenvalue weighted by Gasteiger charge is -2.26. The van der Waals surface area contributed by atoms with E-state index in [1.54, 1.807) is 4.90 Å². The van der Waals surface area contributed by atoms with E-state index < -0.39 is 0 Å². The molecule has 0 aliphatic carbocycles. The SMILES string of the molecule is NCC#Cc1ccc(CNC(=O)N2CCOCC2)cc1. The van der Waals surface area contributed by atoms with Gasteiger partial charge in [-0.25, -0.2) is 4.79 Å². The monoisotopic (exact) mass is 273 g/mol. The molecule has 0 bridgehead atoms. The molecule has 1 aromatic carbocycles. The minimum atomic E-state index is -0.0414. The molecular formula is C15H19N3O2. The molecule has 106 valence electrons. The fourth-order valence-electron chi connectivity index (χ4n) is 1.91. The summed E-state index contributed by atoms with van der Waals surface area (Å²) in [5.74, 6) is 5.77. The van der Waals surface area contributed by atoms with Crippen molar-refractivity contribution < 1.29 is 9.53 Å². The molecule has 2 amide bonds. The predicted molar refractivity (Wildman–Crippen MR) is 77.0 cm³/mol. The summed E-state index contributed by atoms with van der Waals surface area (Å²) in [7, 11) is 0. The molecule has 0 aromatic heterocycles. The number of hydrogen-bond donors (Lipinski definition) is 2. The maximum atomic E-state index is 11.9. The van der Waals surface area contributed by atoms with E-state index in [1.807, 2.05) is 24.3 Å². The fraction of sp³-hybridized carbons (Fsp3) is 0.400. The van der Waals surface area contributed by atoms with Crippen molar-refractivity contribution in [3.63, 3.8) is 0 Å². The summed E-state index contributed by atoms with van der Waals surface area (Å²) in [4.78, 5) is 13.7. The first kappa shape index (κ1) is 14.4. The van der Waals surface area contributed by atoms with Crippen LogP contribution in [0.4, 0.5) is 4.79 Å². The van der Waals surface area contributed by atoms with Crippen LogP contribution in [-0.2, 0) is 11.3 Å².